The summed E-state index contributed by atoms with van der Waals surface area (Å²) in [6.45, 7) is 0.173. The fourth-order valence-corrected chi connectivity index (χ4v) is 2.40. The van der Waals surface area contributed by atoms with Crippen molar-refractivity contribution in [1.29, 1.82) is 0 Å². The number of benzene rings is 1. The van der Waals surface area contributed by atoms with Gasteiger partial charge in [0.05, 0.1) is 24.5 Å². The van der Waals surface area contributed by atoms with Gasteiger partial charge in [-0.15, -0.1) is 0 Å². The summed E-state index contributed by atoms with van der Waals surface area (Å²) in [6, 6.07) is 6.05. The molecule has 0 aromatic heterocycles. The Labute approximate surface area is 119 Å². The maximum absolute atomic E-state index is 11.7. The van der Waals surface area contributed by atoms with Crippen molar-refractivity contribution < 1.29 is 14.4 Å². The number of amides is 4. The molecule has 0 bridgehead atoms. The van der Waals surface area contributed by atoms with Crippen LogP contribution in [0.4, 0.5) is 16.2 Å². The number of anilines is 2. The average Bonchev–Trinajstić information content (AvgIpc) is 2.94. The Kier molecular flexibility index (Phi) is 2.87. The van der Waals surface area contributed by atoms with Gasteiger partial charge in [0.25, 0.3) is 11.8 Å². The van der Waals surface area contributed by atoms with Crippen LogP contribution in [0, 0.1) is 0 Å². The van der Waals surface area contributed by atoms with Crippen LogP contribution in [0.15, 0.2) is 24.3 Å². The Bertz CT molecular complexity index is 541. The summed E-state index contributed by atoms with van der Waals surface area (Å²) >= 11 is 5.04. The van der Waals surface area contributed by atoms with Crippen LogP contribution >= 0.6 is 12.2 Å². The molecule has 8 heteroatoms. The summed E-state index contributed by atoms with van der Waals surface area (Å²) in [5.41, 5.74) is 1.06. The van der Waals surface area contributed by atoms with Gasteiger partial charge in [0.15, 0.2) is 5.11 Å². The van der Waals surface area contributed by atoms with E-state index in [1.165, 1.54) is 4.90 Å². The lowest BCUT2D eigenvalue weighted by atomic mass is 10.2. The lowest BCUT2D eigenvalue weighted by Crippen LogP contribution is -2.31. The number of nitrogens with one attached hydrogen (secondary N) is 2. The van der Waals surface area contributed by atoms with Gasteiger partial charge in [-0.05, 0) is 36.5 Å². The molecule has 2 saturated heterocycles. The van der Waals surface area contributed by atoms with Gasteiger partial charge in [0.2, 0.25) is 0 Å². The second kappa shape index (κ2) is 4.57. The molecule has 0 radical (unpaired) electrons. The molecule has 0 spiro atoms. The standard InChI is InChI=1S/C12H10N4O3S/c17-9-5-13-11(19)15(9)7-1-3-8(4-2-7)16-10(18)6-14-12(16)20/h1-4H,5-6H2,(H,13,19)(H,14,20). The fourth-order valence-electron chi connectivity index (χ4n) is 2.12. The van der Waals surface area contributed by atoms with E-state index in [0.717, 1.165) is 4.90 Å². The highest BCUT2D eigenvalue weighted by molar-refractivity contribution is 7.80. The maximum atomic E-state index is 11.7. The van der Waals surface area contributed by atoms with Gasteiger partial charge >= 0.3 is 6.03 Å². The van der Waals surface area contributed by atoms with Crippen molar-refractivity contribution in [3.05, 3.63) is 24.3 Å². The van der Waals surface area contributed by atoms with E-state index in [4.69, 9.17) is 12.2 Å². The van der Waals surface area contributed by atoms with Crippen LogP contribution in [0.3, 0.4) is 0 Å². The first-order valence-corrected chi connectivity index (χ1v) is 6.30. The van der Waals surface area contributed by atoms with Crippen LogP contribution in [0.2, 0.25) is 0 Å². The lowest BCUT2D eigenvalue weighted by Gasteiger charge is -2.17. The summed E-state index contributed by atoms with van der Waals surface area (Å²) in [5, 5.41) is 5.57. The van der Waals surface area contributed by atoms with Gasteiger partial charge in [0.1, 0.15) is 0 Å². The molecule has 4 amide bonds. The monoisotopic (exact) mass is 290 g/mol. The average molecular weight is 290 g/mol. The summed E-state index contributed by atoms with van der Waals surface area (Å²) < 4.78 is 0. The van der Waals surface area contributed by atoms with E-state index in [9.17, 15) is 14.4 Å². The molecule has 2 N–H and O–H groups in total. The summed E-state index contributed by atoms with van der Waals surface area (Å²) in [6.07, 6.45) is 0. The minimum atomic E-state index is -0.447. The van der Waals surface area contributed by atoms with E-state index in [-0.39, 0.29) is 24.9 Å². The van der Waals surface area contributed by atoms with Crippen molar-refractivity contribution in [3.8, 4) is 0 Å². The van der Waals surface area contributed by atoms with Crippen LogP contribution in [0.1, 0.15) is 0 Å². The number of hydrogen-bond donors (Lipinski definition) is 2. The van der Waals surface area contributed by atoms with E-state index in [1.54, 1.807) is 24.3 Å². The number of thiocarbonyl (C=S) groups is 1. The second-order valence-electron chi connectivity index (χ2n) is 4.29. The zero-order chi connectivity index (χ0) is 14.3. The zero-order valence-electron chi connectivity index (χ0n) is 10.3. The molecule has 0 aliphatic carbocycles. The van der Waals surface area contributed by atoms with Crippen LogP contribution < -0.4 is 20.4 Å². The van der Waals surface area contributed by atoms with Crippen molar-refractivity contribution >= 4 is 46.6 Å². The van der Waals surface area contributed by atoms with Crippen molar-refractivity contribution in [2.75, 3.05) is 22.9 Å². The largest absolute Gasteiger partial charge is 0.353 e. The Balaban J connectivity index is 1.88. The number of nitrogens with zero attached hydrogens (tertiary/aromatic N) is 2. The van der Waals surface area contributed by atoms with Crippen molar-refractivity contribution in [2.45, 2.75) is 0 Å². The molecule has 20 heavy (non-hydrogen) atoms. The molecule has 1 aromatic rings. The molecule has 2 aliphatic rings. The van der Waals surface area contributed by atoms with E-state index in [1.807, 2.05) is 0 Å². The fraction of sp³-hybridized carbons (Fsp3) is 0.167. The Morgan fingerprint density at radius 2 is 1.35 bits per heavy atom. The molecule has 0 saturated carbocycles. The molecular formula is C12H10N4O3S. The second-order valence-corrected chi connectivity index (χ2v) is 4.68. The number of imide groups is 1. The van der Waals surface area contributed by atoms with E-state index >= 15 is 0 Å². The summed E-state index contributed by atoms with van der Waals surface area (Å²) in [7, 11) is 0. The third-order valence-corrected chi connectivity index (χ3v) is 3.38. The molecule has 102 valence electrons. The summed E-state index contributed by atoms with van der Waals surface area (Å²) in [4.78, 5) is 37.2. The Morgan fingerprint density at radius 3 is 1.80 bits per heavy atom. The quantitative estimate of drug-likeness (QED) is 0.590. The number of rotatable bonds is 2. The van der Waals surface area contributed by atoms with Crippen molar-refractivity contribution in [1.82, 2.24) is 10.6 Å². The number of carbonyl (C=O) groups is 3. The first kappa shape index (κ1) is 12.5. The molecule has 2 fully saturated rings. The smallest absolute Gasteiger partial charge is 0.329 e. The highest BCUT2D eigenvalue weighted by atomic mass is 32.1. The minimum absolute atomic E-state index is 0.000792. The molecule has 3 rings (SSSR count). The van der Waals surface area contributed by atoms with Gasteiger partial charge in [-0.2, -0.15) is 0 Å². The lowest BCUT2D eigenvalue weighted by molar-refractivity contribution is -0.116. The highest BCUT2D eigenvalue weighted by Crippen LogP contribution is 2.23. The van der Waals surface area contributed by atoms with Gasteiger partial charge in [-0.25, -0.2) is 9.69 Å². The molecule has 0 unspecified atom stereocenters. The van der Waals surface area contributed by atoms with Crippen LogP contribution in [0.5, 0.6) is 0 Å². The van der Waals surface area contributed by atoms with E-state index < -0.39 is 6.03 Å². The van der Waals surface area contributed by atoms with Crippen molar-refractivity contribution in [3.63, 3.8) is 0 Å². The predicted molar refractivity (Wildman–Crippen MR) is 75.4 cm³/mol. The predicted octanol–water partition coefficient (Wildman–Crippen LogP) is -0.0361. The van der Waals surface area contributed by atoms with E-state index in [2.05, 4.69) is 10.6 Å². The van der Waals surface area contributed by atoms with Crippen LogP contribution in [-0.2, 0) is 9.59 Å². The topological polar surface area (TPSA) is 81.8 Å². The molecule has 1 aromatic carbocycles. The molecular weight excluding hydrogens is 280 g/mol. The van der Waals surface area contributed by atoms with Crippen LogP contribution in [0.25, 0.3) is 0 Å². The first-order valence-electron chi connectivity index (χ1n) is 5.89. The van der Waals surface area contributed by atoms with Crippen molar-refractivity contribution in [2.24, 2.45) is 0 Å². The minimum Gasteiger partial charge on any atom is -0.353 e. The normalized spacial score (nSPS) is 18.6. The number of hydrogen-bond acceptors (Lipinski definition) is 4. The van der Waals surface area contributed by atoms with Gasteiger partial charge in [-0.3, -0.25) is 14.5 Å². The van der Waals surface area contributed by atoms with Gasteiger partial charge < -0.3 is 10.6 Å². The Morgan fingerprint density at radius 1 is 0.850 bits per heavy atom. The number of carbonyl (C=O) groups excluding carboxylic acids is 3. The zero-order valence-corrected chi connectivity index (χ0v) is 11.1. The van der Waals surface area contributed by atoms with Gasteiger partial charge in [-0.1, -0.05) is 0 Å². The Hall–Kier alpha value is -2.48. The molecule has 2 aliphatic heterocycles. The SMILES string of the molecule is O=C1CNC(=O)N1c1ccc(N2C(=O)CNC2=S)cc1. The third kappa shape index (κ3) is 1.90. The van der Waals surface area contributed by atoms with Gasteiger partial charge in [0, 0.05) is 0 Å². The maximum Gasteiger partial charge on any atom is 0.329 e. The number of urea groups is 1. The molecule has 0 atom stereocenters. The molecule has 2 heterocycles. The van der Waals surface area contributed by atoms with Crippen LogP contribution in [-0.4, -0.2) is 36.0 Å². The highest BCUT2D eigenvalue weighted by Gasteiger charge is 2.31. The van der Waals surface area contributed by atoms with E-state index in [0.29, 0.717) is 16.5 Å². The summed E-state index contributed by atoms with van der Waals surface area (Å²) in [5.74, 6) is -0.449. The first-order chi connectivity index (χ1) is 9.58. The third-order valence-electron chi connectivity index (χ3n) is 3.05. The molecule has 7 nitrogen and oxygen atoms in total.